The van der Waals surface area contributed by atoms with E-state index >= 15 is 0 Å². The highest BCUT2D eigenvalue weighted by Gasteiger charge is 2.21. The molecule has 3 rings (SSSR count). The van der Waals surface area contributed by atoms with Crippen molar-refractivity contribution in [3.8, 4) is 0 Å². The Bertz CT molecular complexity index is 710. The highest BCUT2D eigenvalue weighted by Crippen LogP contribution is 2.31. The Kier molecular flexibility index (Phi) is 4.30. The number of aryl methyl sites for hydroxylation is 2. The van der Waals surface area contributed by atoms with E-state index in [1.807, 2.05) is 6.07 Å². The van der Waals surface area contributed by atoms with Crippen molar-refractivity contribution < 1.29 is 8.42 Å². The van der Waals surface area contributed by atoms with Gasteiger partial charge in [-0.1, -0.05) is 0 Å². The van der Waals surface area contributed by atoms with Crippen molar-refractivity contribution in [2.75, 3.05) is 11.3 Å². The fourth-order valence-electron chi connectivity index (χ4n) is 2.34. The molecule has 8 heteroatoms. The molecule has 0 aromatic carbocycles. The first-order valence-corrected chi connectivity index (χ1v) is 10.0. The van der Waals surface area contributed by atoms with Crippen LogP contribution in [0.4, 0.5) is 5.13 Å². The van der Waals surface area contributed by atoms with Crippen LogP contribution in [0.25, 0.3) is 0 Å². The smallest absolute Gasteiger partial charge is 0.273 e. The summed E-state index contributed by atoms with van der Waals surface area (Å²) in [4.78, 5) is 6.62. The molecule has 0 atom stereocenters. The van der Waals surface area contributed by atoms with Gasteiger partial charge < -0.3 is 5.73 Å². The van der Waals surface area contributed by atoms with Crippen molar-refractivity contribution in [3.05, 3.63) is 27.6 Å². The summed E-state index contributed by atoms with van der Waals surface area (Å²) in [5.41, 5.74) is 6.55. The number of hydrogen-bond donors (Lipinski definition) is 2. The standard InChI is InChI=1S/C13H17N3O2S3/c14-8-7-9-5-6-12(19-9)21(17,18)16-13-15-10-3-1-2-4-11(10)20-13/h5-6H,1-4,7-8,14H2,(H,15,16). The zero-order valence-corrected chi connectivity index (χ0v) is 13.9. The second kappa shape index (κ2) is 6.04. The predicted octanol–water partition coefficient (Wildman–Crippen LogP) is 2.39. The topological polar surface area (TPSA) is 85.1 Å². The molecule has 0 saturated carbocycles. The van der Waals surface area contributed by atoms with E-state index in [0.29, 0.717) is 22.3 Å². The van der Waals surface area contributed by atoms with E-state index in [1.165, 1.54) is 27.6 Å². The summed E-state index contributed by atoms with van der Waals surface area (Å²) < 4.78 is 27.7. The average molecular weight is 343 g/mol. The van der Waals surface area contributed by atoms with Crippen LogP contribution in [-0.4, -0.2) is 19.9 Å². The van der Waals surface area contributed by atoms with Crippen molar-refractivity contribution in [1.82, 2.24) is 4.98 Å². The van der Waals surface area contributed by atoms with Crippen molar-refractivity contribution in [2.45, 2.75) is 36.3 Å². The molecular formula is C13H17N3O2S3. The molecule has 0 amide bonds. The molecule has 2 aromatic rings. The lowest BCUT2D eigenvalue weighted by Gasteiger charge is -2.06. The number of nitrogens with zero attached hydrogens (tertiary/aromatic N) is 1. The van der Waals surface area contributed by atoms with Gasteiger partial charge in [-0.15, -0.1) is 22.7 Å². The number of sulfonamides is 1. The van der Waals surface area contributed by atoms with Crippen LogP contribution in [0.1, 0.15) is 28.3 Å². The Morgan fingerprint density at radius 2 is 2.05 bits per heavy atom. The lowest BCUT2D eigenvalue weighted by Crippen LogP contribution is -2.11. The molecule has 0 saturated heterocycles. The number of hydrogen-bond acceptors (Lipinski definition) is 6. The van der Waals surface area contributed by atoms with E-state index in [4.69, 9.17) is 5.73 Å². The summed E-state index contributed by atoms with van der Waals surface area (Å²) in [6.07, 6.45) is 4.96. The third-order valence-corrected chi connectivity index (χ3v) is 7.54. The molecule has 1 aliphatic rings. The fraction of sp³-hybridized carbons (Fsp3) is 0.462. The minimum Gasteiger partial charge on any atom is -0.330 e. The number of nitrogens with two attached hydrogens (primary N) is 1. The molecule has 114 valence electrons. The van der Waals surface area contributed by atoms with Gasteiger partial charge in [0.25, 0.3) is 10.0 Å². The molecule has 0 spiro atoms. The molecule has 21 heavy (non-hydrogen) atoms. The average Bonchev–Trinajstić information content (AvgIpc) is 3.04. The quantitative estimate of drug-likeness (QED) is 0.873. The number of thiazole rings is 1. The van der Waals surface area contributed by atoms with Crippen LogP contribution in [0.15, 0.2) is 16.3 Å². The molecule has 0 radical (unpaired) electrons. The third kappa shape index (κ3) is 3.28. The first-order chi connectivity index (χ1) is 10.1. The Morgan fingerprint density at radius 1 is 1.24 bits per heavy atom. The molecule has 0 aliphatic heterocycles. The fourth-order valence-corrected chi connectivity index (χ4v) is 6.00. The summed E-state index contributed by atoms with van der Waals surface area (Å²) in [5.74, 6) is 0. The van der Waals surface area contributed by atoms with Crippen LogP contribution in [0.2, 0.25) is 0 Å². The van der Waals surface area contributed by atoms with Gasteiger partial charge in [-0.3, -0.25) is 4.72 Å². The van der Waals surface area contributed by atoms with Gasteiger partial charge in [0.2, 0.25) is 0 Å². The molecular weight excluding hydrogens is 326 g/mol. The first-order valence-electron chi connectivity index (χ1n) is 6.88. The van der Waals surface area contributed by atoms with Crippen molar-refractivity contribution in [3.63, 3.8) is 0 Å². The Morgan fingerprint density at radius 3 is 2.81 bits per heavy atom. The number of rotatable bonds is 5. The van der Waals surface area contributed by atoms with E-state index in [0.717, 1.165) is 36.3 Å². The second-order valence-electron chi connectivity index (χ2n) is 4.96. The highest BCUT2D eigenvalue weighted by atomic mass is 32.2. The molecule has 0 fully saturated rings. The largest absolute Gasteiger partial charge is 0.330 e. The van der Waals surface area contributed by atoms with E-state index in [2.05, 4.69) is 9.71 Å². The molecule has 2 aromatic heterocycles. The SMILES string of the molecule is NCCc1ccc(S(=O)(=O)Nc2nc3c(s2)CCCC3)s1. The van der Waals surface area contributed by atoms with Crippen LogP contribution in [-0.2, 0) is 29.3 Å². The lowest BCUT2D eigenvalue weighted by atomic mass is 10.0. The monoisotopic (exact) mass is 343 g/mol. The molecule has 3 N–H and O–H groups in total. The number of thiophene rings is 1. The van der Waals surface area contributed by atoms with Crippen LogP contribution in [0, 0.1) is 0 Å². The Balaban J connectivity index is 1.80. The number of anilines is 1. The second-order valence-corrected chi connectivity index (χ2v) is 9.12. The van der Waals surface area contributed by atoms with Gasteiger partial charge in [-0.2, -0.15) is 0 Å². The number of aromatic nitrogens is 1. The highest BCUT2D eigenvalue weighted by molar-refractivity contribution is 7.94. The number of nitrogens with one attached hydrogen (secondary N) is 1. The van der Waals surface area contributed by atoms with Crippen LogP contribution < -0.4 is 10.5 Å². The van der Waals surface area contributed by atoms with Crippen LogP contribution in [0.3, 0.4) is 0 Å². The summed E-state index contributed by atoms with van der Waals surface area (Å²) >= 11 is 2.72. The van der Waals surface area contributed by atoms with Crippen molar-refractivity contribution in [1.29, 1.82) is 0 Å². The van der Waals surface area contributed by atoms with E-state index in [1.54, 1.807) is 6.07 Å². The third-order valence-electron chi connectivity index (χ3n) is 3.36. The Hall–Kier alpha value is -0.960. The van der Waals surface area contributed by atoms with Crippen molar-refractivity contribution >= 4 is 37.8 Å². The molecule has 0 unspecified atom stereocenters. The molecule has 0 bridgehead atoms. The lowest BCUT2D eigenvalue weighted by molar-refractivity contribution is 0.603. The van der Waals surface area contributed by atoms with Crippen molar-refractivity contribution in [2.24, 2.45) is 5.73 Å². The Labute approximate surface area is 132 Å². The summed E-state index contributed by atoms with van der Waals surface area (Å²) in [6.45, 7) is 0.520. The maximum Gasteiger partial charge on any atom is 0.273 e. The zero-order valence-electron chi connectivity index (χ0n) is 11.5. The van der Waals surface area contributed by atoms with Gasteiger partial charge >= 0.3 is 0 Å². The number of fused-ring (bicyclic) bond motifs is 1. The molecule has 2 heterocycles. The van der Waals surface area contributed by atoms with Crippen LogP contribution in [0.5, 0.6) is 0 Å². The zero-order chi connectivity index (χ0) is 14.9. The van der Waals surface area contributed by atoms with Crippen LogP contribution >= 0.6 is 22.7 Å². The molecule has 1 aliphatic carbocycles. The van der Waals surface area contributed by atoms with E-state index in [-0.39, 0.29) is 0 Å². The van der Waals surface area contributed by atoms with Gasteiger partial charge in [0.05, 0.1) is 5.69 Å². The van der Waals surface area contributed by atoms with Gasteiger partial charge in [0.1, 0.15) is 4.21 Å². The van der Waals surface area contributed by atoms with Gasteiger partial charge in [-0.25, -0.2) is 13.4 Å². The maximum atomic E-state index is 12.4. The summed E-state index contributed by atoms with van der Waals surface area (Å²) in [5, 5.41) is 0.482. The van der Waals surface area contributed by atoms with E-state index in [9.17, 15) is 8.42 Å². The minimum atomic E-state index is -3.53. The predicted molar refractivity (Wildman–Crippen MR) is 86.6 cm³/mol. The van der Waals surface area contributed by atoms with E-state index < -0.39 is 10.0 Å². The normalized spacial score (nSPS) is 14.9. The van der Waals surface area contributed by atoms with Gasteiger partial charge in [0, 0.05) is 9.75 Å². The summed E-state index contributed by atoms with van der Waals surface area (Å²) in [7, 11) is -3.53. The molecule has 5 nitrogen and oxygen atoms in total. The van der Waals surface area contributed by atoms with Gasteiger partial charge in [0.15, 0.2) is 5.13 Å². The minimum absolute atomic E-state index is 0.319. The maximum absolute atomic E-state index is 12.4. The summed E-state index contributed by atoms with van der Waals surface area (Å²) in [6, 6.07) is 3.45. The van der Waals surface area contributed by atoms with Gasteiger partial charge in [-0.05, 0) is 50.8 Å². The first kappa shape index (κ1) is 15.0.